The molecule has 7 aliphatic rings. The Balaban J connectivity index is 0.000000184. The summed E-state index contributed by atoms with van der Waals surface area (Å²) in [5.74, 6) is -2.38. The van der Waals surface area contributed by atoms with Crippen molar-refractivity contribution in [2.75, 3.05) is 55.5 Å². The van der Waals surface area contributed by atoms with Gasteiger partial charge in [-0.15, -0.1) is 0 Å². The molecule has 0 aromatic heterocycles. The van der Waals surface area contributed by atoms with Gasteiger partial charge in [-0.1, -0.05) is 137 Å². The molecule has 6 aromatic carbocycles. The summed E-state index contributed by atoms with van der Waals surface area (Å²) in [7, 11) is -7.41. The maximum atomic E-state index is 11.9. The van der Waals surface area contributed by atoms with Crippen LogP contribution in [0.3, 0.4) is 0 Å². The van der Waals surface area contributed by atoms with Crippen molar-refractivity contribution in [3.63, 3.8) is 0 Å². The first-order valence-corrected chi connectivity index (χ1v) is 48.1. The van der Waals surface area contributed by atoms with Crippen molar-refractivity contribution in [3.8, 4) is 0 Å². The number of anilines is 3. The van der Waals surface area contributed by atoms with Crippen LogP contribution < -0.4 is 14.7 Å². The number of fused-ring (bicyclic) bond motifs is 6. The molecule has 0 atom stereocenters. The van der Waals surface area contributed by atoms with Crippen molar-refractivity contribution in [2.45, 2.75) is 260 Å². The molecule has 0 bridgehead atoms. The summed E-state index contributed by atoms with van der Waals surface area (Å²) in [6, 6.07) is 33.7. The molecule has 0 amide bonds. The van der Waals surface area contributed by atoms with Crippen LogP contribution in [0.4, 0.5) is 34.1 Å². The van der Waals surface area contributed by atoms with E-state index in [9.17, 15) is 53.3 Å². The fraction of sp³-hybridized carbons (Fsp3) is 0.431. The van der Waals surface area contributed by atoms with Crippen LogP contribution in [0.15, 0.2) is 219 Å². The van der Waals surface area contributed by atoms with E-state index in [2.05, 4.69) is 223 Å². The highest BCUT2D eigenvalue weighted by atomic mass is 32.2. The lowest BCUT2D eigenvalue weighted by Crippen LogP contribution is -2.30. The molecule has 0 saturated heterocycles. The van der Waals surface area contributed by atoms with Crippen molar-refractivity contribution < 1.29 is 82.3 Å². The number of allylic oxidation sites excluding steroid dienone is 16. The third kappa shape index (κ3) is 20.8. The number of hydrogen-bond acceptors (Lipinski definition) is 15. The normalized spacial score (nSPS) is 19.3. The van der Waals surface area contributed by atoms with Crippen molar-refractivity contribution in [1.82, 2.24) is 0 Å². The van der Waals surface area contributed by atoms with E-state index in [-0.39, 0.29) is 50.2 Å². The molecule has 0 unspecified atom stereocenters. The minimum Gasteiger partial charge on any atom is -0.744 e. The largest absolute Gasteiger partial charge is 0.744 e. The van der Waals surface area contributed by atoms with E-state index in [1.54, 1.807) is 24.3 Å². The number of carbonyl (C=O) groups is 3. The first-order valence-electron chi connectivity index (χ1n) is 43.9. The second kappa shape index (κ2) is 38.0. The van der Waals surface area contributed by atoms with Gasteiger partial charge < -0.3 is 43.7 Å². The minimum atomic E-state index is -4.58. The van der Waals surface area contributed by atoms with E-state index in [0.717, 1.165) is 122 Å². The summed E-state index contributed by atoms with van der Waals surface area (Å²) in [5, 5.41) is 27.0. The van der Waals surface area contributed by atoms with Gasteiger partial charge in [0.1, 0.15) is 51.0 Å². The molecule has 6 heterocycles. The SMILES string of the molecule is Cc1ccc2c(c1)C(C)(C)/C(=C\C=C1\C=C(CCC3=[N+](CCCCCC(=O)O)c4ccc(S(=O)(=O)[O-])cc4C3(C)C)CCC1)N2C.Cc1ccc2c(c1)C(C)(C)C(C=CC=C1N(CCCCCC(=O)O)c3ccc(S(=O)(=O)[O-])cc3C1(C)C)=[N+]2C.Cc1ccc2c(c1)C(C)(C)C(C=CC=CC=C1N(CCCCCC(=O)O)c3ccc(S(=O)(=O)[O-])cc3C1(C)C)=[N+]2C. The van der Waals surface area contributed by atoms with Gasteiger partial charge in [-0.2, -0.15) is 13.7 Å². The molecule has 3 N–H and O–H groups in total. The van der Waals surface area contributed by atoms with Crippen molar-refractivity contribution in [2.24, 2.45) is 0 Å². The van der Waals surface area contributed by atoms with Crippen LogP contribution in [-0.2, 0) is 77.2 Å². The van der Waals surface area contributed by atoms with E-state index in [1.165, 1.54) is 115 Å². The predicted molar refractivity (Wildman–Crippen MR) is 499 cm³/mol. The topological polar surface area (TPSA) is 302 Å². The number of aliphatic carboxylic acids is 3. The summed E-state index contributed by atoms with van der Waals surface area (Å²) in [4.78, 5) is 38.8. The number of carboxylic acids is 3. The fourth-order valence-electron chi connectivity index (χ4n) is 19.7. The molecule has 672 valence electrons. The quantitative estimate of drug-likeness (QED) is 0.0163. The van der Waals surface area contributed by atoms with Gasteiger partial charge in [0.25, 0.3) is 0 Å². The van der Waals surface area contributed by atoms with Crippen LogP contribution in [0.25, 0.3) is 0 Å². The lowest BCUT2D eigenvalue weighted by molar-refractivity contribution is -0.440. The van der Waals surface area contributed by atoms with Crippen LogP contribution >= 0.6 is 0 Å². The van der Waals surface area contributed by atoms with E-state index in [4.69, 9.17) is 15.3 Å². The molecule has 0 saturated carbocycles. The Kier molecular flexibility index (Phi) is 29.1. The Morgan fingerprint density at radius 3 is 1.29 bits per heavy atom. The zero-order valence-corrected chi connectivity index (χ0v) is 79.0. The molecule has 1 aliphatic carbocycles. The van der Waals surface area contributed by atoms with Gasteiger partial charge in [0.2, 0.25) is 17.1 Å². The molecule has 21 nitrogen and oxygen atoms in total. The van der Waals surface area contributed by atoms with E-state index in [0.29, 0.717) is 32.4 Å². The molecular formula is C102H126N6O15S3. The minimum absolute atomic E-state index is 0.0730. The number of aryl methyl sites for hydroxylation is 3. The highest BCUT2D eigenvalue weighted by Gasteiger charge is 2.49. The van der Waals surface area contributed by atoms with E-state index < -0.39 is 64.5 Å². The molecule has 24 heteroatoms. The summed E-state index contributed by atoms with van der Waals surface area (Å²) in [5.41, 5.74) is 24.3. The molecule has 126 heavy (non-hydrogen) atoms. The molecule has 13 rings (SSSR count). The van der Waals surface area contributed by atoms with E-state index in [1.807, 2.05) is 52.0 Å². The van der Waals surface area contributed by atoms with Crippen LogP contribution in [0, 0.1) is 20.8 Å². The first-order chi connectivity index (χ1) is 58.9. The summed E-state index contributed by atoms with van der Waals surface area (Å²) < 4.78 is 113. The van der Waals surface area contributed by atoms with Gasteiger partial charge in [0.05, 0.1) is 30.9 Å². The Morgan fingerprint density at radius 2 is 0.810 bits per heavy atom. The lowest BCUT2D eigenvalue weighted by Gasteiger charge is -2.27. The summed E-state index contributed by atoms with van der Waals surface area (Å²) >= 11 is 0. The predicted octanol–water partition coefficient (Wildman–Crippen LogP) is 20.2. The maximum absolute atomic E-state index is 11.9. The van der Waals surface area contributed by atoms with Gasteiger partial charge in [0.15, 0.2) is 17.1 Å². The van der Waals surface area contributed by atoms with Crippen LogP contribution in [0.2, 0.25) is 0 Å². The molecule has 0 fully saturated rings. The van der Waals surface area contributed by atoms with E-state index >= 15 is 0 Å². The van der Waals surface area contributed by atoms with Crippen LogP contribution in [-0.4, -0.2) is 144 Å². The number of unbranched alkanes of at least 4 members (excludes halogenated alkanes) is 6. The van der Waals surface area contributed by atoms with Crippen molar-refractivity contribution in [3.05, 3.63) is 254 Å². The zero-order valence-electron chi connectivity index (χ0n) is 76.5. The lowest BCUT2D eigenvalue weighted by atomic mass is 9.79. The fourth-order valence-corrected chi connectivity index (χ4v) is 21.2. The highest BCUT2D eigenvalue weighted by Crippen LogP contribution is 2.53. The Labute approximate surface area is 747 Å². The average Bonchev–Trinajstić information content (AvgIpc) is 1.61. The number of rotatable bonds is 30. The standard InChI is InChI=1S/C38H48N2O5S.C33H40N2O5S.C31H38N2O5S/c1-26-14-18-32-30(23-26)37(2,3)34(39(32)6)20-15-27-11-10-12-28(24-27)16-21-35-38(4,5)31-25-29(46(43,44)45)17-19-33(31)40(35)22-9-7-8-13-36(41)42;1-23-16-18-27-25(21-23)32(2,3)29(34(27)6)13-9-7-10-14-30-33(4,5)26-22-24(41(38,39)40)17-19-28(26)35(30)20-12-8-11-15-31(36)37;1-21-14-16-25-23(19-21)30(2,3)27(32(25)6)11-10-12-28-31(4,5)24-20-22(39(36,37)38)15-17-26(24)33(28)18-9-7-8-13-29(34)35/h14-15,17-20,23-25H,7-13,16,21-22H2,1-6H3,(H-,41,42,43,44,45);7,9-10,13-14,16-19,21-22H,8,11-12,15,20H2,1-6H3,(H-,36,37,38,39,40);10-12,14-17,19-20H,7-9,13,18H2,1-6H3,(H-,34,35,36,37,38)/b27-15+,34-20+;;. The summed E-state index contributed by atoms with van der Waals surface area (Å²) in [6.07, 6.45) is 35.4. The zero-order chi connectivity index (χ0) is 92.4. The third-order valence-corrected chi connectivity index (χ3v) is 29.2. The third-order valence-electron chi connectivity index (χ3n) is 26.7. The van der Waals surface area contributed by atoms with Crippen molar-refractivity contribution >= 4 is 99.5 Å². The van der Waals surface area contributed by atoms with Gasteiger partial charge in [-0.05, 0) is 234 Å². The number of benzene rings is 6. The molecule has 0 spiro atoms. The van der Waals surface area contributed by atoms with Gasteiger partial charge >= 0.3 is 17.9 Å². The second-order valence-corrected chi connectivity index (χ2v) is 42.0. The molecular weight excluding hydrogens is 1650 g/mol. The van der Waals surface area contributed by atoms with Gasteiger partial charge in [-0.25, -0.2) is 25.3 Å². The Hall–Kier alpha value is -10.2. The van der Waals surface area contributed by atoms with Crippen LogP contribution in [0.5, 0.6) is 0 Å². The highest BCUT2D eigenvalue weighted by molar-refractivity contribution is 7.86. The van der Waals surface area contributed by atoms with Gasteiger partial charge in [0, 0.05) is 150 Å². The van der Waals surface area contributed by atoms with Gasteiger partial charge in [-0.3, -0.25) is 14.4 Å². The number of nitrogens with zero attached hydrogens (tertiary/aromatic N) is 6. The molecule has 6 aliphatic heterocycles. The monoisotopic (exact) mass is 1770 g/mol. The smallest absolute Gasteiger partial charge is 0.303 e. The molecule has 6 aromatic rings. The maximum Gasteiger partial charge on any atom is 0.303 e. The van der Waals surface area contributed by atoms with Crippen LogP contribution in [0.1, 0.15) is 242 Å². The Bertz CT molecular complexity index is 6040. The first kappa shape index (κ1) is 96.4. The molecule has 0 radical (unpaired) electrons. The van der Waals surface area contributed by atoms with Crippen molar-refractivity contribution in [1.29, 1.82) is 0 Å². The number of likely N-dealkylation sites (N-methyl/N-ethyl adjacent to an activating group) is 1. The average molecular weight is 1770 g/mol. The Morgan fingerprint density at radius 1 is 0.413 bits per heavy atom. The summed E-state index contributed by atoms with van der Waals surface area (Å²) in [6.45, 7) is 34.3. The second-order valence-electron chi connectivity index (χ2n) is 37.8. The number of carboxylic acid groups (broad SMARTS) is 3. The number of hydrogen-bond donors (Lipinski definition) is 3.